The quantitative estimate of drug-likeness (QED) is 0.580. The van der Waals surface area contributed by atoms with Gasteiger partial charge in [0.05, 0.1) is 5.56 Å². The number of hydrogen-bond acceptors (Lipinski definition) is 2. The van der Waals surface area contributed by atoms with Crippen LogP contribution in [0.25, 0.3) is 11.3 Å². The molecule has 93 valence electrons. The van der Waals surface area contributed by atoms with Gasteiger partial charge in [-0.1, -0.05) is 12.1 Å². The summed E-state index contributed by atoms with van der Waals surface area (Å²) in [4.78, 5) is 6.38. The van der Waals surface area contributed by atoms with Gasteiger partial charge in [-0.05, 0) is 12.1 Å². The van der Waals surface area contributed by atoms with Crippen molar-refractivity contribution >= 4 is 0 Å². The van der Waals surface area contributed by atoms with Crippen LogP contribution in [0.4, 0.5) is 22.0 Å². The third-order valence-corrected chi connectivity index (χ3v) is 2.13. The zero-order valence-corrected chi connectivity index (χ0v) is 8.59. The molecule has 0 aliphatic heterocycles. The minimum absolute atomic E-state index is 0.195. The predicted octanol–water partition coefficient (Wildman–Crippen LogP) is 3.24. The lowest BCUT2D eigenvalue weighted by Gasteiger charge is -2.08. The van der Waals surface area contributed by atoms with Crippen LogP contribution in [0, 0.1) is 17.8 Å². The van der Waals surface area contributed by atoms with Gasteiger partial charge < -0.3 is 0 Å². The van der Waals surface area contributed by atoms with E-state index in [9.17, 15) is 22.0 Å². The van der Waals surface area contributed by atoms with Gasteiger partial charge in [0, 0.05) is 5.56 Å². The highest BCUT2D eigenvalue weighted by atomic mass is 19.4. The molecule has 0 amide bonds. The number of hydrogen-bond donors (Lipinski definition) is 0. The second-order valence-electron chi connectivity index (χ2n) is 3.32. The van der Waals surface area contributed by atoms with Gasteiger partial charge in [0.1, 0.15) is 12.0 Å². The number of rotatable bonds is 1. The first kappa shape index (κ1) is 12.4. The van der Waals surface area contributed by atoms with Gasteiger partial charge in [-0.25, -0.2) is 9.97 Å². The number of alkyl halides is 3. The van der Waals surface area contributed by atoms with Gasteiger partial charge in [0.2, 0.25) is 5.82 Å². The SMILES string of the molecule is Fc1ncnc(-c2cc[c]c(C(F)(F)F)c2)c1F. The lowest BCUT2D eigenvalue weighted by Crippen LogP contribution is -2.05. The first-order valence-electron chi connectivity index (χ1n) is 4.65. The minimum Gasteiger partial charge on any atom is -0.233 e. The molecule has 0 saturated carbocycles. The van der Waals surface area contributed by atoms with Crippen molar-refractivity contribution in [2.24, 2.45) is 0 Å². The van der Waals surface area contributed by atoms with Crippen molar-refractivity contribution in [2.75, 3.05) is 0 Å². The van der Waals surface area contributed by atoms with Crippen LogP contribution in [0.15, 0.2) is 24.5 Å². The number of aromatic nitrogens is 2. The molecule has 0 bridgehead atoms. The minimum atomic E-state index is -4.61. The van der Waals surface area contributed by atoms with E-state index < -0.39 is 29.2 Å². The van der Waals surface area contributed by atoms with Crippen LogP contribution in [0.5, 0.6) is 0 Å². The maximum atomic E-state index is 13.3. The number of benzene rings is 1. The number of halogens is 5. The van der Waals surface area contributed by atoms with E-state index in [1.807, 2.05) is 6.07 Å². The van der Waals surface area contributed by atoms with Gasteiger partial charge in [0.25, 0.3) is 5.95 Å². The topological polar surface area (TPSA) is 25.8 Å². The molecule has 1 radical (unpaired) electrons. The Kier molecular flexibility index (Phi) is 2.98. The summed E-state index contributed by atoms with van der Waals surface area (Å²) in [6.45, 7) is 0. The Labute approximate surface area is 98.1 Å². The fourth-order valence-corrected chi connectivity index (χ4v) is 1.33. The highest BCUT2D eigenvalue weighted by Gasteiger charge is 2.31. The zero-order valence-electron chi connectivity index (χ0n) is 8.59. The molecule has 2 aromatic rings. The van der Waals surface area contributed by atoms with Crippen molar-refractivity contribution < 1.29 is 22.0 Å². The van der Waals surface area contributed by atoms with Gasteiger partial charge in [-0.15, -0.1) is 0 Å². The molecule has 2 nitrogen and oxygen atoms in total. The zero-order chi connectivity index (χ0) is 13.3. The lowest BCUT2D eigenvalue weighted by atomic mass is 10.1. The molecule has 0 saturated heterocycles. The average Bonchev–Trinajstić information content (AvgIpc) is 2.32. The van der Waals surface area contributed by atoms with Gasteiger partial charge in [-0.2, -0.15) is 22.0 Å². The fourth-order valence-electron chi connectivity index (χ4n) is 1.33. The molecule has 0 N–H and O–H groups in total. The highest BCUT2D eigenvalue weighted by molar-refractivity contribution is 5.60. The Morgan fingerprint density at radius 2 is 1.83 bits per heavy atom. The Balaban J connectivity index is 2.55. The molecule has 0 fully saturated rings. The summed E-state index contributed by atoms with van der Waals surface area (Å²) < 4.78 is 63.5. The largest absolute Gasteiger partial charge is 0.417 e. The van der Waals surface area contributed by atoms with Crippen LogP contribution in [-0.4, -0.2) is 9.97 Å². The van der Waals surface area contributed by atoms with Crippen LogP contribution >= 0.6 is 0 Å². The van der Waals surface area contributed by atoms with Gasteiger partial charge in [-0.3, -0.25) is 0 Å². The summed E-state index contributed by atoms with van der Waals surface area (Å²) in [6.07, 6.45) is -3.88. The first-order valence-corrected chi connectivity index (χ1v) is 4.65. The molecule has 0 aliphatic carbocycles. The predicted molar refractivity (Wildman–Crippen MR) is 51.2 cm³/mol. The van der Waals surface area contributed by atoms with E-state index >= 15 is 0 Å². The molecule has 1 aromatic carbocycles. The molecule has 1 aromatic heterocycles. The van der Waals surface area contributed by atoms with E-state index in [-0.39, 0.29) is 5.56 Å². The van der Waals surface area contributed by atoms with Crippen LogP contribution in [0.3, 0.4) is 0 Å². The van der Waals surface area contributed by atoms with Crippen LogP contribution in [-0.2, 0) is 6.18 Å². The second-order valence-corrected chi connectivity index (χ2v) is 3.32. The molecule has 7 heteroatoms. The highest BCUT2D eigenvalue weighted by Crippen LogP contribution is 2.31. The first-order chi connectivity index (χ1) is 8.39. The molecule has 0 atom stereocenters. The van der Waals surface area contributed by atoms with E-state index in [1.54, 1.807) is 0 Å². The van der Waals surface area contributed by atoms with Crippen LogP contribution in [0.2, 0.25) is 0 Å². The lowest BCUT2D eigenvalue weighted by molar-refractivity contribution is -0.137. The van der Waals surface area contributed by atoms with Crippen molar-refractivity contribution in [1.29, 1.82) is 0 Å². The maximum Gasteiger partial charge on any atom is 0.417 e. The van der Waals surface area contributed by atoms with E-state index in [0.29, 0.717) is 6.07 Å². The van der Waals surface area contributed by atoms with Crippen molar-refractivity contribution in [3.63, 3.8) is 0 Å². The van der Waals surface area contributed by atoms with E-state index in [1.165, 1.54) is 0 Å². The summed E-state index contributed by atoms with van der Waals surface area (Å²) in [7, 11) is 0. The third-order valence-electron chi connectivity index (χ3n) is 2.13. The average molecular weight is 259 g/mol. The molecule has 2 rings (SSSR count). The second kappa shape index (κ2) is 4.32. The van der Waals surface area contributed by atoms with Crippen molar-refractivity contribution in [3.05, 3.63) is 47.9 Å². The number of nitrogens with zero attached hydrogens (tertiary/aromatic N) is 2. The monoisotopic (exact) mass is 259 g/mol. The molecule has 1 heterocycles. The van der Waals surface area contributed by atoms with Crippen molar-refractivity contribution in [3.8, 4) is 11.3 Å². The molecule has 0 unspecified atom stereocenters. The van der Waals surface area contributed by atoms with Crippen LogP contribution in [0.1, 0.15) is 5.56 Å². The Morgan fingerprint density at radius 3 is 2.50 bits per heavy atom. The Hall–Kier alpha value is -2.05. The van der Waals surface area contributed by atoms with Gasteiger partial charge >= 0.3 is 6.18 Å². The molecule has 18 heavy (non-hydrogen) atoms. The normalized spacial score (nSPS) is 11.6. The van der Waals surface area contributed by atoms with Crippen LogP contribution < -0.4 is 0 Å². The third kappa shape index (κ3) is 2.29. The summed E-state index contributed by atoms with van der Waals surface area (Å²) in [5.74, 6) is -2.81. The standard InChI is InChI=1S/C11H4F5N2/c12-8-9(17-5-18-10(8)13)6-2-1-3-7(4-6)11(14,15)16/h1-2,4-5H. The van der Waals surface area contributed by atoms with E-state index in [0.717, 1.165) is 18.5 Å². The fraction of sp³-hybridized carbons (Fsp3) is 0.0909. The molecule has 0 aliphatic rings. The molecular formula is C11H4F5N2. The summed E-state index contributed by atoms with van der Waals surface area (Å²) in [5, 5.41) is 0. The van der Waals surface area contributed by atoms with Crippen molar-refractivity contribution in [1.82, 2.24) is 9.97 Å². The molecule has 0 spiro atoms. The maximum absolute atomic E-state index is 13.3. The van der Waals surface area contributed by atoms with E-state index in [4.69, 9.17) is 0 Å². The molecular weight excluding hydrogens is 255 g/mol. The Morgan fingerprint density at radius 1 is 1.11 bits per heavy atom. The summed E-state index contributed by atoms with van der Waals surface area (Å²) in [6, 6.07) is 4.73. The smallest absolute Gasteiger partial charge is 0.233 e. The van der Waals surface area contributed by atoms with E-state index in [2.05, 4.69) is 9.97 Å². The Bertz CT molecular complexity index is 580. The van der Waals surface area contributed by atoms with Gasteiger partial charge in [0.15, 0.2) is 0 Å². The summed E-state index contributed by atoms with van der Waals surface area (Å²) >= 11 is 0. The van der Waals surface area contributed by atoms with Crippen molar-refractivity contribution in [2.45, 2.75) is 6.18 Å². The summed E-state index contributed by atoms with van der Waals surface area (Å²) in [5.41, 5.74) is -1.81.